The minimum Gasteiger partial charge on any atom is -0.435 e. The van der Waals surface area contributed by atoms with E-state index in [0.717, 1.165) is 5.56 Å². The number of hydrogen-bond donors (Lipinski definition) is 2. The molecular formula is C18H18F2N2O2. The van der Waals surface area contributed by atoms with Crippen molar-refractivity contribution in [2.45, 2.75) is 25.7 Å². The summed E-state index contributed by atoms with van der Waals surface area (Å²) < 4.78 is 28.5. The Kier molecular flexibility index (Phi) is 6.24. The summed E-state index contributed by atoms with van der Waals surface area (Å²) in [5.74, 6) is 0.0554. The fourth-order valence-corrected chi connectivity index (χ4v) is 2.24. The van der Waals surface area contributed by atoms with Crippen molar-refractivity contribution >= 4 is 0 Å². The smallest absolute Gasteiger partial charge is 0.387 e. The van der Waals surface area contributed by atoms with Crippen LogP contribution in [-0.4, -0.2) is 18.3 Å². The van der Waals surface area contributed by atoms with Crippen molar-refractivity contribution in [2.24, 2.45) is 0 Å². The van der Waals surface area contributed by atoms with E-state index in [0.29, 0.717) is 17.7 Å². The van der Waals surface area contributed by atoms with Gasteiger partial charge in [-0.2, -0.15) is 14.0 Å². The van der Waals surface area contributed by atoms with E-state index in [9.17, 15) is 13.9 Å². The van der Waals surface area contributed by atoms with Gasteiger partial charge in [0.25, 0.3) is 0 Å². The molecule has 0 bridgehead atoms. The molecular weight excluding hydrogens is 314 g/mol. The van der Waals surface area contributed by atoms with Gasteiger partial charge in [-0.05, 0) is 42.3 Å². The van der Waals surface area contributed by atoms with Crippen LogP contribution in [0.15, 0.2) is 48.5 Å². The molecule has 2 unspecified atom stereocenters. The van der Waals surface area contributed by atoms with Crippen LogP contribution in [0.1, 0.15) is 35.8 Å². The number of alkyl halides is 2. The molecule has 2 aromatic carbocycles. The molecule has 2 atom stereocenters. The first kappa shape index (κ1) is 17.9. The third kappa shape index (κ3) is 5.01. The first-order chi connectivity index (χ1) is 11.5. The van der Waals surface area contributed by atoms with Crippen LogP contribution in [0.25, 0.3) is 0 Å². The van der Waals surface area contributed by atoms with E-state index in [4.69, 9.17) is 5.26 Å². The minimum absolute atomic E-state index is 0.00571. The van der Waals surface area contributed by atoms with Gasteiger partial charge in [0.15, 0.2) is 0 Å². The fraction of sp³-hybridized carbons (Fsp3) is 0.278. The van der Waals surface area contributed by atoms with Gasteiger partial charge >= 0.3 is 6.61 Å². The second kappa shape index (κ2) is 8.39. The van der Waals surface area contributed by atoms with Gasteiger partial charge in [0.2, 0.25) is 0 Å². The van der Waals surface area contributed by atoms with Crippen LogP contribution in [0.4, 0.5) is 8.78 Å². The van der Waals surface area contributed by atoms with Crippen LogP contribution >= 0.6 is 0 Å². The first-order valence-corrected chi connectivity index (χ1v) is 7.46. The number of benzene rings is 2. The van der Waals surface area contributed by atoms with Gasteiger partial charge in [0, 0.05) is 12.6 Å². The van der Waals surface area contributed by atoms with Crippen LogP contribution in [0.3, 0.4) is 0 Å². The van der Waals surface area contributed by atoms with Crippen molar-refractivity contribution < 1.29 is 18.6 Å². The molecule has 0 aliphatic heterocycles. The number of halogens is 2. The highest BCUT2D eigenvalue weighted by molar-refractivity contribution is 5.33. The molecule has 0 saturated heterocycles. The SMILES string of the molecule is CC(NCC(O)c1ccc(OC(F)F)cc1)c1ccc(C#N)cc1. The van der Waals surface area contributed by atoms with Gasteiger partial charge < -0.3 is 15.2 Å². The molecule has 2 aromatic rings. The van der Waals surface area contributed by atoms with Crippen molar-refractivity contribution in [3.8, 4) is 11.8 Å². The zero-order valence-corrected chi connectivity index (χ0v) is 13.1. The Hall–Kier alpha value is -2.49. The molecule has 0 aromatic heterocycles. The predicted octanol–water partition coefficient (Wildman–Crippen LogP) is 3.54. The number of nitriles is 1. The molecule has 0 fully saturated rings. The number of nitrogens with one attached hydrogen (secondary N) is 1. The van der Waals surface area contributed by atoms with Gasteiger partial charge in [-0.1, -0.05) is 24.3 Å². The minimum atomic E-state index is -2.87. The third-order valence-corrected chi connectivity index (χ3v) is 3.65. The Balaban J connectivity index is 1.89. The predicted molar refractivity (Wildman–Crippen MR) is 85.6 cm³/mol. The number of aliphatic hydroxyl groups excluding tert-OH is 1. The summed E-state index contributed by atoms with van der Waals surface area (Å²) in [6.45, 7) is -0.611. The molecule has 4 nitrogen and oxygen atoms in total. The lowest BCUT2D eigenvalue weighted by Gasteiger charge is -2.18. The van der Waals surface area contributed by atoms with Crippen LogP contribution < -0.4 is 10.1 Å². The second-order valence-electron chi connectivity index (χ2n) is 5.33. The normalized spacial score (nSPS) is 13.3. The average molecular weight is 332 g/mol. The van der Waals surface area contributed by atoms with Gasteiger partial charge in [-0.15, -0.1) is 0 Å². The molecule has 0 spiro atoms. The van der Waals surface area contributed by atoms with Crippen molar-refractivity contribution in [1.82, 2.24) is 5.32 Å². The van der Waals surface area contributed by atoms with E-state index in [1.165, 1.54) is 12.1 Å². The number of ether oxygens (including phenoxy) is 1. The lowest BCUT2D eigenvalue weighted by molar-refractivity contribution is -0.0498. The van der Waals surface area contributed by atoms with E-state index in [-0.39, 0.29) is 11.8 Å². The molecule has 24 heavy (non-hydrogen) atoms. The van der Waals surface area contributed by atoms with Gasteiger partial charge in [-0.3, -0.25) is 0 Å². The largest absolute Gasteiger partial charge is 0.435 e. The number of rotatable bonds is 7. The summed E-state index contributed by atoms with van der Waals surface area (Å²) in [6, 6.07) is 15.2. The average Bonchev–Trinajstić information content (AvgIpc) is 2.59. The zero-order valence-electron chi connectivity index (χ0n) is 13.1. The topological polar surface area (TPSA) is 65.3 Å². The Bertz CT molecular complexity index is 682. The summed E-state index contributed by atoms with van der Waals surface area (Å²) >= 11 is 0. The second-order valence-corrected chi connectivity index (χ2v) is 5.33. The molecule has 0 saturated carbocycles. The summed E-state index contributed by atoms with van der Waals surface area (Å²) in [7, 11) is 0. The standard InChI is InChI=1S/C18H18F2N2O2/c1-12(14-4-2-13(10-21)3-5-14)22-11-17(23)15-6-8-16(9-7-15)24-18(19)20/h2-9,12,17-18,22-23H,11H2,1H3. The molecule has 126 valence electrons. The van der Waals surface area contributed by atoms with E-state index < -0.39 is 12.7 Å². The van der Waals surface area contributed by atoms with Crippen molar-refractivity contribution in [2.75, 3.05) is 6.54 Å². The maximum absolute atomic E-state index is 12.1. The Morgan fingerprint density at radius 1 is 1.08 bits per heavy atom. The Labute approximate surface area is 139 Å². The Morgan fingerprint density at radius 2 is 1.67 bits per heavy atom. The number of aliphatic hydroxyl groups is 1. The zero-order chi connectivity index (χ0) is 17.5. The van der Waals surface area contributed by atoms with Crippen LogP contribution in [-0.2, 0) is 0 Å². The van der Waals surface area contributed by atoms with Gasteiger partial charge in [0.1, 0.15) is 5.75 Å². The number of nitrogens with zero attached hydrogens (tertiary/aromatic N) is 1. The molecule has 0 aliphatic carbocycles. The number of hydrogen-bond acceptors (Lipinski definition) is 4. The molecule has 0 aliphatic rings. The quantitative estimate of drug-likeness (QED) is 0.814. The molecule has 0 heterocycles. The molecule has 0 radical (unpaired) electrons. The van der Waals surface area contributed by atoms with Gasteiger partial charge in [-0.25, -0.2) is 0 Å². The molecule has 6 heteroatoms. The lowest BCUT2D eigenvalue weighted by Crippen LogP contribution is -2.24. The highest BCUT2D eigenvalue weighted by Gasteiger charge is 2.12. The van der Waals surface area contributed by atoms with Crippen molar-refractivity contribution in [1.29, 1.82) is 5.26 Å². The Morgan fingerprint density at radius 3 is 2.21 bits per heavy atom. The lowest BCUT2D eigenvalue weighted by atomic mass is 10.1. The maximum Gasteiger partial charge on any atom is 0.387 e. The van der Waals surface area contributed by atoms with Crippen molar-refractivity contribution in [3.63, 3.8) is 0 Å². The van der Waals surface area contributed by atoms with Crippen LogP contribution in [0.2, 0.25) is 0 Å². The highest BCUT2D eigenvalue weighted by atomic mass is 19.3. The fourth-order valence-electron chi connectivity index (χ4n) is 2.24. The summed E-state index contributed by atoms with van der Waals surface area (Å²) in [6.07, 6.45) is -0.772. The molecule has 0 amide bonds. The van der Waals surface area contributed by atoms with E-state index in [1.807, 2.05) is 19.1 Å². The van der Waals surface area contributed by atoms with E-state index in [2.05, 4.69) is 16.1 Å². The summed E-state index contributed by atoms with van der Waals surface area (Å²) in [4.78, 5) is 0. The third-order valence-electron chi connectivity index (χ3n) is 3.65. The monoisotopic (exact) mass is 332 g/mol. The summed E-state index contributed by atoms with van der Waals surface area (Å²) in [5, 5.41) is 22.2. The van der Waals surface area contributed by atoms with E-state index >= 15 is 0 Å². The first-order valence-electron chi connectivity index (χ1n) is 7.46. The van der Waals surface area contributed by atoms with Crippen LogP contribution in [0, 0.1) is 11.3 Å². The maximum atomic E-state index is 12.1. The molecule has 2 rings (SSSR count). The van der Waals surface area contributed by atoms with Gasteiger partial charge in [0.05, 0.1) is 17.7 Å². The van der Waals surface area contributed by atoms with E-state index in [1.54, 1.807) is 24.3 Å². The molecule has 2 N–H and O–H groups in total. The summed E-state index contributed by atoms with van der Waals surface area (Å²) in [5.41, 5.74) is 2.20. The van der Waals surface area contributed by atoms with Crippen molar-refractivity contribution in [3.05, 3.63) is 65.2 Å². The highest BCUT2D eigenvalue weighted by Crippen LogP contribution is 2.20. The van der Waals surface area contributed by atoms with Crippen LogP contribution in [0.5, 0.6) is 5.75 Å².